The Hall–Kier alpha value is -2.32. The molecule has 1 heterocycles. The first-order valence-corrected chi connectivity index (χ1v) is 6.80. The van der Waals surface area contributed by atoms with Crippen LogP contribution >= 0.6 is 0 Å². The summed E-state index contributed by atoms with van der Waals surface area (Å²) in [5, 5.41) is 20.6. The number of rotatable bonds is 7. The van der Waals surface area contributed by atoms with Gasteiger partial charge in [0.15, 0.2) is 0 Å². The number of nitro groups is 1. The van der Waals surface area contributed by atoms with Gasteiger partial charge in [0.25, 0.3) is 5.69 Å². The van der Waals surface area contributed by atoms with Gasteiger partial charge in [0, 0.05) is 18.9 Å². The smallest absolute Gasteiger partial charge is 0.274 e. The van der Waals surface area contributed by atoms with Crippen molar-refractivity contribution >= 4 is 17.5 Å². The van der Waals surface area contributed by atoms with E-state index in [1.165, 1.54) is 6.07 Å². The number of amides is 2. The number of likely N-dealkylation sites (tertiary alicyclic amines) is 1. The number of nitro benzene ring substituents is 1. The van der Waals surface area contributed by atoms with Crippen molar-refractivity contribution in [2.75, 3.05) is 13.2 Å². The van der Waals surface area contributed by atoms with Crippen molar-refractivity contribution in [2.45, 2.75) is 25.6 Å². The molecule has 8 nitrogen and oxygen atoms in total. The van der Waals surface area contributed by atoms with E-state index in [4.69, 9.17) is 4.74 Å². The minimum atomic E-state index is -1.02. The molecule has 118 valence electrons. The number of ether oxygens (including phenoxy) is 1. The molecule has 1 aromatic carbocycles. The maximum atomic E-state index is 11.4. The van der Waals surface area contributed by atoms with Crippen molar-refractivity contribution in [3.63, 3.8) is 0 Å². The van der Waals surface area contributed by atoms with E-state index in [1.54, 1.807) is 18.2 Å². The average molecular weight is 308 g/mol. The summed E-state index contributed by atoms with van der Waals surface area (Å²) < 4.78 is 5.25. The maximum absolute atomic E-state index is 11.4. The second kappa shape index (κ2) is 7.10. The lowest BCUT2D eigenvalue weighted by atomic mass is 10.2. The maximum Gasteiger partial charge on any atom is 0.274 e. The molecule has 0 aromatic heterocycles. The van der Waals surface area contributed by atoms with Crippen LogP contribution in [0.15, 0.2) is 24.3 Å². The van der Waals surface area contributed by atoms with Gasteiger partial charge >= 0.3 is 0 Å². The molecule has 22 heavy (non-hydrogen) atoms. The number of aliphatic hydroxyl groups excluding tert-OH is 1. The topological polar surface area (TPSA) is 110 Å². The first-order chi connectivity index (χ1) is 10.5. The first-order valence-electron chi connectivity index (χ1n) is 6.80. The molecule has 1 fully saturated rings. The lowest BCUT2D eigenvalue weighted by molar-refractivity contribution is -0.386. The third-order valence-electron chi connectivity index (χ3n) is 3.30. The van der Waals surface area contributed by atoms with Gasteiger partial charge in [-0.05, 0) is 6.07 Å². The van der Waals surface area contributed by atoms with Crippen molar-refractivity contribution in [1.82, 2.24) is 4.90 Å². The van der Waals surface area contributed by atoms with Gasteiger partial charge in [0.2, 0.25) is 11.8 Å². The third kappa shape index (κ3) is 3.86. The van der Waals surface area contributed by atoms with Crippen LogP contribution in [0.25, 0.3) is 0 Å². The Labute approximate surface area is 126 Å². The number of imide groups is 1. The van der Waals surface area contributed by atoms with Gasteiger partial charge in [-0.3, -0.25) is 24.6 Å². The summed E-state index contributed by atoms with van der Waals surface area (Å²) >= 11 is 0. The second-order valence-corrected chi connectivity index (χ2v) is 4.95. The molecule has 2 amide bonds. The van der Waals surface area contributed by atoms with Crippen LogP contribution in [0.2, 0.25) is 0 Å². The fourth-order valence-corrected chi connectivity index (χ4v) is 2.21. The second-order valence-electron chi connectivity index (χ2n) is 4.95. The number of hydrogen-bond acceptors (Lipinski definition) is 6. The Morgan fingerprint density at radius 2 is 1.91 bits per heavy atom. The van der Waals surface area contributed by atoms with E-state index in [0.29, 0.717) is 5.56 Å². The van der Waals surface area contributed by atoms with Crippen LogP contribution in [-0.2, 0) is 20.9 Å². The Morgan fingerprint density at radius 1 is 1.27 bits per heavy atom. The van der Waals surface area contributed by atoms with E-state index in [0.717, 1.165) is 4.90 Å². The van der Waals surface area contributed by atoms with Gasteiger partial charge in [-0.15, -0.1) is 0 Å². The lowest BCUT2D eigenvalue weighted by Gasteiger charge is -2.18. The summed E-state index contributed by atoms with van der Waals surface area (Å²) in [6, 6.07) is 6.15. The lowest BCUT2D eigenvalue weighted by Crippen LogP contribution is -2.38. The van der Waals surface area contributed by atoms with Crippen molar-refractivity contribution in [1.29, 1.82) is 0 Å². The Bertz CT molecular complexity index is 572. The van der Waals surface area contributed by atoms with Gasteiger partial charge < -0.3 is 9.84 Å². The highest BCUT2D eigenvalue weighted by molar-refractivity contribution is 6.01. The fourth-order valence-electron chi connectivity index (χ4n) is 2.21. The summed E-state index contributed by atoms with van der Waals surface area (Å²) in [5.41, 5.74) is 0.343. The largest absolute Gasteiger partial charge is 0.389 e. The molecule has 1 aliphatic heterocycles. The van der Waals surface area contributed by atoms with Crippen LogP contribution in [0.4, 0.5) is 5.69 Å². The first kappa shape index (κ1) is 16.1. The summed E-state index contributed by atoms with van der Waals surface area (Å²) in [6.07, 6.45) is -0.681. The molecule has 1 aromatic rings. The number of carbonyl (C=O) groups is 2. The van der Waals surface area contributed by atoms with E-state index in [9.17, 15) is 24.8 Å². The van der Waals surface area contributed by atoms with E-state index < -0.39 is 11.0 Å². The van der Waals surface area contributed by atoms with Crippen molar-refractivity contribution in [3.05, 3.63) is 39.9 Å². The van der Waals surface area contributed by atoms with E-state index in [-0.39, 0.29) is 50.1 Å². The molecule has 0 radical (unpaired) electrons. The summed E-state index contributed by atoms with van der Waals surface area (Å²) in [6.45, 7) is -0.270. The van der Waals surface area contributed by atoms with Crippen molar-refractivity contribution in [3.8, 4) is 0 Å². The molecule has 2 rings (SSSR count). The van der Waals surface area contributed by atoms with Crippen molar-refractivity contribution < 1.29 is 24.4 Å². The molecular formula is C14H16N2O6. The Balaban J connectivity index is 1.82. The molecular weight excluding hydrogens is 292 g/mol. The molecule has 0 saturated carbocycles. The number of aliphatic hydroxyl groups is 1. The number of para-hydroxylation sites is 1. The van der Waals surface area contributed by atoms with Crippen LogP contribution in [0.3, 0.4) is 0 Å². The molecule has 1 unspecified atom stereocenters. The normalized spacial score (nSPS) is 16.1. The zero-order valence-corrected chi connectivity index (χ0v) is 11.8. The zero-order chi connectivity index (χ0) is 16.1. The number of benzene rings is 1. The third-order valence-corrected chi connectivity index (χ3v) is 3.30. The predicted molar refractivity (Wildman–Crippen MR) is 74.7 cm³/mol. The zero-order valence-electron chi connectivity index (χ0n) is 11.8. The predicted octanol–water partition coefficient (Wildman–Crippen LogP) is 0.621. The van der Waals surface area contributed by atoms with Gasteiger partial charge in [-0.1, -0.05) is 12.1 Å². The molecule has 0 aliphatic carbocycles. The highest BCUT2D eigenvalue weighted by atomic mass is 16.6. The molecule has 0 spiro atoms. The fraction of sp³-hybridized carbons (Fsp3) is 0.429. The van der Waals surface area contributed by atoms with E-state index in [1.807, 2.05) is 0 Å². The number of β-amino-alcohol motifs (C(OH)–C–C–N with tert-alkyl or cyclic N) is 1. The number of nitrogens with zero attached hydrogens (tertiary/aromatic N) is 2. The van der Waals surface area contributed by atoms with Gasteiger partial charge in [-0.25, -0.2) is 0 Å². The molecule has 0 bridgehead atoms. The molecule has 1 saturated heterocycles. The van der Waals surface area contributed by atoms with E-state index in [2.05, 4.69) is 0 Å². The minimum absolute atomic E-state index is 0.0316. The molecule has 1 N–H and O–H groups in total. The number of carbonyl (C=O) groups excluding carboxylic acids is 2. The SMILES string of the molecule is O=C1CCC(=O)N1CC(O)COCc1ccccc1[N+](=O)[O-]. The quantitative estimate of drug-likeness (QED) is 0.449. The highest BCUT2D eigenvalue weighted by Crippen LogP contribution is 2.18. The summed E-state index contributed by atoms with van der Waals surface area (Å²) in [5.74, 6) is -0.606. The van der Waals surface area contributed by atoms with Gasteiger partial charge in [0.1, 0.15) is 0 Å². The monoisotopic (exact) mass is 308 g/mol. The van der Waals surface area contributed by atoms with Crippen LogP contribution < -0.4 is 0 Å². The van der Waals surface area contributed by atoms with Crippen LogP contribution in [0, 0.1) is 10.1 Å². The minimum Gasteiger partial charge on any atom is -0.389 e. The highest BCUT2D eigenvalue weighted by Gasteiger charge is 2.30. The average Bonchev–Trinajstić information content (AvgIpc) is 2.79. The summed E-state index contributed by atoms with van der Waals surface area (Å²) in [7, 11) is 0. The van der Waals surface area contributed by atoms with Crippen LogP contribution in [-0.4, -0.2) is 46.0 Å². The standard InChI is InChI=1S/C14H16N2O6/c17-11(7-15-13(18)5-6-14(15)19)9-22-8-10-3-1-2-4-12(10)16(20)21/h1-4,11,17H,5-9H2. The van der Waals surface area contributed by atoms with E-state index >= 15 is 0 Å². The Kier molecular flexibility index (Phi) is 5.18. The number of hydrogen-bond donors (Lipinski definition) is 1. The van der Waals surface area contributed by atoms with Gasteiger partial charge in [0.05, 0.1) is 36.3 Å². The molecule has 8 heteroatoms. The summed E-state index contributed by atoms with van der Waals surface area (Å²) in [4.78, 5) is 34.2. The molecule has 1 atom stereocenters. The van der Waals surface area contributed by atoms with Crippen molar-refractivity contribution in [2.24, 2.45) is 0 Å². The van der Waals surface area contributed by atoms with Crippen LogP contribution in [0.1, 0.15) is 18.4 Å². The molecule has 1 aliphatic rings. The Morgan fingerprint density at radius 3 is 2.55 bits per heavy atom. The van der Waals surface area contributed by atoms with Gasteiger partial charge in [-0.2, -0.15) is 0 Å². The van der Waals surface area contributed by atoms with Crippen LogP contribution in [0.5, 0.6) is 0 Å².